The lowest BCUT2D eigenvalue weighted by molar-refractivity contribution is -0.375. The quantitative estimate of drug-likeness (QED) is 0.310. The molecule has 2 aliphatic heterocycles. The second kappa shape index (κ2) is 15.4. The Bertz CT molecular complexity index is 2090. The summed E-state index contributed by atoms with van der Waals surface area (Å²) < 4.78 is 48.3. The molecule has 18 nitrogen and oxygen atoms in total. The highest BCUT2D eigenvalue weighted by atomic mass is 16.7. The Hall–Kier alpha value is -5.75. The van der Waals surface area contributed by atoms with E-state index in [1.165, 1.54) is 56.4 Å². The van der Waals surface area contributed by atoms with Crippen LogP contribution >= 0.6 is 0 Å². The molecule has 1 aromatic carbocycles. The molecular formula is C41H45NO17. The molecule has 316 valence electrons. The van der Waals surface area contributed by atoms with E-state index in [-0.39, 0.29) is 16.8 Å². The van der Waals surface area contributed by atoms with Crippen LogP contribution in [0.25, 0.3) is 0 Å². The first kappa shape index (κ1) is 42.8. The van der Waals surface area contributed by atoms with Crippen LogP contribution in [-0.2, 0) is 66.7 Å². The van der Waals surface area contributed by atoms with E-state index in [9.17, 15) is 38.7 Å². The first-order chi connectivity index (χ1) is 27.6. The summed E-state index contributed by atoms with van der Waals surface area (Å²) in [6.07, 6.45) is -9.28. The van der Waals surface area contributed by atoms with Gasteiger partial charge in [-0.3, -0.25) is 33.8 Å². The van der Waals surface area contributed by atoms with Crippen molar-refractivity contribution in [3.63, 3.8) is 0 Å². The van der Waals surface area contributed by atoms with Gasteiger partial charge in [0.25, 0.3) is 0 Å². The summed E-state index contributed by atoms with van der Waals surface area (Å²) >= 11 is 0. The largest absolute Gasteiger partial charge is 0.465 e. The molecule has 2 saturated carbocycles. The molecule has 12 atom stereocenters. The fourth-order valence-electron chi connectivity index (χ4n) is 9.27. The number of pyridine rings is 1. The number of esters is 7. The van der Waals surface area contributed by atoms with Crippen molar-refractivity contribution in [2.24, 2.45) is 17.3 Å². The number of carbonyl (C=O) groups is 8. The van der Waals surface area contributed by atoms with Gasteiger partial charge in [0.05, 0.1) is 28.7 Å². The summed E-state index contributed by atoms with van der Waals surface area (Å²) in [5, 5.41) is 13.5. The summed E-state index contributed by atoms with van der Waals surface area (Å²) in [6, 6.07) is 10.3. The number of benzene rings is 1. The Kier molecular flexibility index (Phi) is 11.2. The Morgan fingerprint density at radius 2 is 1.44 bits per heavy atom. The lowest BCUT2D eigenvalue weighted by atomic mass is 9.45. The molecule has 2 unspecified atom stereocenters. The second-order valence-corrected chi connectivity index (χ2v) is 15.7. The van der Waals surface area contributed by atoms with Crippen molar-refractivity contribution in [2.45, 2.75) is 109 Å². The third kappa shape index (κ3) is 6.80. The van der Waals surface area contributed by atoms with Gasteiger partial charge in [-0.15, -0.1) is 0 Å². The van der Waals surface area contributed by atoms with Crippen molar-refractivity contribution in [1.29, 1.82) is 0 Å². The van der Waals surface area contributed by atoms with Crippen molar-refractivity contribution in [3.8, 4) is 0 Å². The number of cyclic esters (lactones) is 1. The SMILES string of the molecule is CC(=O)OC[C@]12[C@H](OC(C)=O)C(=O)[C@@H]3[C@@H](OC(C)=O)[C@@]14O[C@@]3(C)COC(=O)c1cccnc1C(C)C(C)C(=O)O[C@@H]([C@H](OC(=O)c1ccccc1)[C@@H]2OC(C)=O)[C@]4(C)O. The van der Waals surface area contributed by atoms with E-state index in [1.54, 1.807) is 13.0 Å². The molecule has 1 aromatic heterocycles. The van der Waals surface area contributed by atoms with E-state index in [2.05, 4.69) is 4.98 Å². The van der Waals surface area contributed by atoms with Crippen LogP contribution in [0.4, 0.5) is 0 Å². The zero-order chi connectivity index (χ0) is 43.4. The molecule has 0 radical (unpaired) electrons. The molecule has 18 heteroatoms. The molecule has 2 aliphatic carbocycles. The highest BCUT2D eigenvalue weighted by Gasteiger charge is 2.91. The molecule has 4 aliphatic rings. The minimum absolute atomic E-state index is 0.0546. The van der Waals surface area contributed by atoms with Crippen molar-refractivity contribution in [1.82, 2.24) is 4.98 Å². The number of hydrogen-bond donors (Lipinski definition) is 1. The zero-order valence-electron chi connectivity index (χ0n) is 33.6. The highest BCUT2D eigenvalue weighted by molar-refractivity contribution is 5.94. The third-order valence-electron chi connectivity index (χ3n) is 11.9. The van der Waals surface area contributed by atoms with Gasteiger partial charge in [-0.05, 0) is 38.1 Å². The van der Waals surface area contributed by atoms with Crippen LogP contribution in [0.2, 0.25) is 0 Å². The monoisotopic (exact) mass is 823 g/mol. The number of aromatic nitrogens is 1. The van der Waals surface area contributed by atoms with Crippen LogP contribution < -0.4 is 0 Å². The molecule has 3 fully saturated rings. The first-order valence-corrected chi connectivity index (χ1v) is 18.8. The van der Waals surface area contributed by atoms with Gasteiger partial charge in [-0.2, -0.15) is 0 Å². The number of carbonyl (C=O) groups excluding carboxylic acids is 8. The van der Waals surface area contributed by atoms with E-state index < -0.39 is 131 Å². The number of ether oxygens (including phenoxy) is 8. The predicted octanol–water partition coefficient (Wildman–Crippen LogP) is 1.96. The lowest BCUT2D eigenvalue weighted by Crippen LogP contribution is -2.88. The maximum Gasteiger partial charge on any atom is 0.340 e. The van der Waals surface area contributed by atoms with Crippen molar-refractivity contribution in [2.75, 3.05) is 13.2 Å². The molecule has 6 rings (SSSR count). The first-order valence-electron chi connectivity index (χ1n) is 18.8. The fraction of sp³-hybridized carbons (Fsp3) is 0.537. The fourth-order valence-corrected chi connectivity index (χ4v) is 9.27. The number of ketones is 1. The Morgan fingerprint density at radius 3 is 2.05 bits per heavy atom. The highest BCUT2D eigenvalue weighted by Crippen LogP contribution is 2.69. The van der Waals surface area contributed by atoms with Crippen molar-refractivity contribution >= 4 is 47.6 Å². The van der Waals surface area contributed by atoms with E-state index in [0.29, 0.717) is 0 Å². The van der Waals surface area contributed by atoms with E-state index in [0.717, 1.165) is 34.6 Å². The molecule has 0 amide bonds. The minimum atomic E-state index is -2.87. The van der Waals surface area contributed by atoms with E-state index in [4.69, 9.17) is 37.9 Å². The molecule has 1 spiro atoms. The Labute approximate surface area is 338 Å². The molecule has 1 N–H and O–H groups in total. The molecule has 59 heavy (non-hydrogen) atoms. The van der Waals surface area contributed by atoms with Crippen molar-refractivity contribution in [3.05, 3.63) is 65.5 Å². The van der Waals surface area contributed by atoms with Crippen molar-refractivity contribution < 1.29 is 81.4 Å². The molecule has 3 heterocycles. The Balaban J connectivity index is 1.76. The van der Waals surface area contributed by atoms with E-state index in [1.807, 2.05) is 0 Å². The summed E-state index contributed by atoms with van der Waals surface area (Å²) in [5.74, 6) is -12.2. The minimum Gasteiger partial charge on any atom is -0.465 e. The molecule has 2 aromatic rings. The summed E-state index contributed by atoms with van der Waals surface area (Å²) in [4.78, 5) is 115. The van der Waals surface area contributed by atoms with E-state index >= 15 is 4.79 Å². The summed E-state index contributed by atoms with van der Waals surface area (Å²) in [7, 11) is 0. The maximum atomic E-state index is 15.3. The van der Waals surface area contributed by atoms with Crippen LogP contribution in [-0.4, -0.2) is 118 Å². The van der Waals surface area contributed by atoms with Crippen LogP contribution in [0.5, 0.6) is 0 Å². The predicted molar refractivity (Wildman–Crippen MR) is 195 cm³/mol. The topological polar surface area (TPSA) is 244 Å². The summed E-state index contributed by atoms with van der Waals surface area (Å²) in [6.45, 7) is 7.41. The van der Waals surface area contributed by atoms with Crippen LogP contribution in [0.3, 0.4) is 0 Å². The van der Waals surface area contributed by atoms with Crippen LogP contribution in [0, 0.1) is 17.3 Å². The number of Topliss-reactive ketones (excluding diaryl/α,β-unsaturated/α-hetero) is 1. The smallest absolute Gasteiger partial charge is 0.340 e. The number of nitrogens with zero attached hydrogens (tertiary/aromatic N) is 1. The molecule has 1 saturated heterocycles. The summed E-state index contributed by atoms with van der Waals surface area (Å²) in [5.41, 5.74) is -10.5. The maximum absolute atomic E-state index is 15.3. The van der Waals surface area contributed by atoms with Gasteiger partial charge in [0.2, 0.25) is 0 Å². The average Bonchev–Trinajstić information content (AvgIpc) is 3.40. The number of fused-ring (bicyclic) bond motifs is 5. The second-order valence-electron chi connectivity index (χ2n) is 15.7. The van der Waals surface area contributed by atoms with Gasteiger partial charge in [0.15, 0.2) is 35.8 Å². The van der Waals surface area contributed by atoms with Gasteiger partial charge in [-0.1, -0.05) is 32.0 Å². The third-order valence-corrected chi connectivity index (χ3v) is 11.9. The average molecular weight is 824 g/mol. The Morgan fingerprint density at radius 1 is 0.814 bits per heavy atom. The van der Waals surface area contributed by atoms with Gasteiger partial charge in [0.1, 0.15) is 35.9 Å². The molecular weight excluding hydrogens is 778 g/mol. The lowest BCUT2D eigenvalue weighted by Gasteiger charge is -2.66. The van der Waals surface area contributed by atoms with Gasteiger partial charge in [-0.25, -0.2) is 9.59 Å². The normalized spacial score (nSPS) is 36.1. The number of hydrogen-bond acceptors (Lipinski definition) is 18. The zero-order valence-corrected chi connectivity index (χ0v) is 33.6. The van der Waals surface area contributed by atoms with Crippen LogP contribution in [0.1, 0.15) is 87.7 Å². The van der Waals surface area contributed by atoms with Gasteiger partial charge >= 0.3 is 41.8 Å². The van der Waals surface area contributed by atoms with Crippen LogP contribution in [0.15, 0.2) is 48.7 Å². The molecule has 4 bridgehead atoms. The van der Waals surface area contributed by atoms with Gasteiger partial charge < -0.3 is 43.0 Å². The van der Waals surface area contributed by atoms with Gasteiger partial charge in [0, 0.05) is 39.8 Å². The standard InChI is InChI=1S/C41H45NO17/c1-19-20(2)35(48)58-33-30(57-36(49)25-13-10-9-11-14-25)34(56-24(6)46)40(18-52-21(3)43)32(55-23(5)45)29(47)27-31(54-22(4)44)41(40,39(33,8)51)59-38(27,7)17-53-37(50)26-15-12-16-42-28(19)26/h9-16,19-20,27,30-34,51H,17-18H2,1-8H3/t19?,20?,27-,30+,31-,32-,33+,34+,38+,39+,40-,41+/m1/s1. The number of aliphatic hydroxyl groups is 1. The number of rotatable bonds is 7.